The molecule has 0 aliphatic heterocycles. The van der Waals surface area contributed by atoms with E-state index in [9.17, 15) is 14.0 Å². The molecular weight excluding hydrogens is 334 g/mol. The number of amides is 1. The minimum absolute atomic E-state index is 0.0580. The zero-order chi connectivity index (χ0) is 16.1. The number of pyridine rings is 1. The number of anilines is 1. The molecule has 2 rings (SSSR count). The Morgan fingerprint density at radius 2 is 2.00 bits per heavy atom. The summed E-state index contributed by atoms with van der Waals surface area (Å²) in [6, 6.07) is 6.49. The van der Waals surface area contributed by atoms with Crippen LogP contribution in [0.25, 0.3) is 0 Å². The second kappa shape index (κ2) is 7.20. The number of nitrogens with one attached hydrogen (secondary N) is 1. The Morgan fingerprint density at radius 1 is 1.23 bits per heavy atom. The highest BCUT2D eigenvalue weighted by molar-refractivity contribution is 6.30. The molecule has 5 nitrogen and oxygen atoms in total. The summed E-state index contributed by atoms with van der Waals surface area (Å²) in [7, 11) is 0. The molecule has 1 N–H and O–H groups in total. The molecule has 2 aromatic rings. The molecule has 114 valence electrons. The lowest BCUT2D eigenvalue weighted by atomic mass is 10.3. The number of aromatic nitrogens is 1. The highest BCUT2D eigenvalue weighted by atomic mass is 35.5. The Morgan fingerprint density at radius 3 is 2.68 bits per heavy atom. The Balaban J connectivity index is 1.91. The van der Waals surface area contributed by atoms with Gasteiger partial charge in [0.15, 0.2) is 6.61 Å². The predicted molar refractivity (Wildman–Crippen MR) is 79.6 cm³/mol. The van der Waals surface area contributed by atoms with Crippen LogP contribution >= 0.6 is 23.2 Å². The van der Waals surface area contributed by atoms with Crippen molar-refractivity contribution in [3.05, 3.63) is 58.1 Å². The van der Waals surface area contributed by atoms with Crippen molar-refractivity contribution in [2.45, 2.75) is 0 Å². The van der Waals surface area contributed by atoms with E-state index in [2.05, 4.69) is 10.3 Å². The number of rotatable bonds is 4. The van der Waals surface area contributed by atoms with E-state index in [0.29, 0.717) is 0 Å². The van der Waals surface area contributed by atoms with Gasteiger partial charge in [0, 0.05) is 11.2 Å². The topological polar surface area (TPSA) is 68.3 Å². The van der Waals surface area contributed by atoms with E-state index in [1.165, 1.54) is 30.5 Å². The fourth-order valence-electron chi connectivity index (χ4n) is 1.52. The number of halogens is 3. The third-order valence-corrected chi connectivity index (χ3v) is 2.94. The molecule has 0 saturated carbocycles. The van der Waals surface area contributed by atoms with Crippen LogP contribution in [0.4, 0.5) is 10.1 Å². The number of esters is 1. The first kappa shape index (κ1) is 16.2. The third kappa shape index (κ3) is 4.41. The molecule has 8 heteroatoms. The van der Waals surface area contributed by atoms with Crippen LogP contribution in [-0.2, 0) is 9.53 Å². The van der Waals surface area contributed by atoms with Crippen LogP contribution in [0.15, 0.2) is 36.5 Å². The van der Waals surface area contributed by atoms with E-state index < -0.39 is 24.3 Å². The van der Waals surface area contributed by atoms with Gasteiger partial charge in [-0.1, -0.05) is 23.2 Å². The van der Waals surface area contributed by atoms with Gasteiger partial charge in [0.25, 0.3) is 5.91 Å². The average molecular weight is 343 g/mol. The summed E-state index contributed by atoms with van der Waals surface area (Å²) in [5, 5.41) is 2.60. The SMILES string of the molecule is O=C(COC(=O)c1ccnc(Cl)c1)Nc1ccc(Cl)cc1F. The molecule has 0 atom stereocenters. The lowest BCUT2D eigenvalue weighted by Gasteiger charge is -2.07. The molecular formula is C14H9Cl2FN2O3. The van der Waals surface area contributed by atoms with E-state index in [0.717, 1.165) is 6.07 Å². The summed E-state index contributed by atoms with van der Waals surface area (Å²) in [4.78, 5) is 27.0. The highest BCUT2D eigenvalue weighted by Gasteiger charge is 2.12. The number of nitrogens with zero attached hydrogens (tertiary/aromatic N) is 1. The van der Waals surface area contributed by atoms with Gasteiger partial charge in [-0.05, 0) is 30.3 Å². The highest BCUT2D eigenvalue weighted by Crippen LogP contribution is 2.18. The van der Waals surface area contributed by atoms with Crippen molar-refractivity contribution in [3.8, 4) is 0 Å². The lowest BCUT2D eigenvalue weighted by Crippen LogP contribution is -2.21. The van der Waals surface area contributed by atoms with Crippen LogP contribution in [-0.4, -0.2) is 23.5 Å². The third-order valence-electron chi connectivity index (χ3n) is 2.50. The summed E-state index contributed by atoms with van der Waals surface area (Å²) in [6.07, 6.45) is 1.34. The lowest BCUT2D eigenvalue weighted by molar-refractivity contribution is -0.119. The monoisotopic (exact) mass is 342 g/mol. The summed E-state index contributed by atoms with van der Waals surface area (Å²) in [6.45, 7) is -0.569. The molecule has 0 aliphatic rings. The zero-order valence-corrected chi connectivity index (χ0v) is 12.5. The number of hydrogen-bond acceptors (Lipinski definition) is 4. The van der Waals surface area contributed by atoms with Crippen molar-refractivity contribution in [2.75, 3.05) is 11.9 Å². The Hall–Kier alpha value is -2.18. The van der Waals surface area contributed by atoms with Gasteiger partial charge in [0.1, 0.15) is 11.0 Å². The van der Waals surface area contributed by atoms with Gasteiger partial charge >= 0.3 is 5.97 Å². The van der Waals surface area contributed by atoms with Crippen LogP contribution in [0.2, 0.25) is 10.2 Å². The van der Waals surface area contributed by atoms with Crippen molar-refractivity contribution in [1.82, 2.24) is 4.98 Å². The molecule has 0 fully saturated rings. The number of carbonyl (C=O) groups is 2. The summed E-state index contributed by atoms with van der Waals surface area (Å²) >= 11 is 11.2. The molecule has 0 saturated heterocycles. The van der Waals surface area contributed by atoms with Gasteiger partial charge in [-0.25, -0.2) is 14.2 Å². The molecule has 1 aromatic carbocycles. The fraction of sp³-hybridized carbons (Fsp3) is 0.0714. The molecule has 22 heavy (non-hydrogen) atoms. The Bertz CT molecular complexity index is 725. The van der Waals surface area contributed by atoms with Crippen molar-refractivity contribution >= 4 is 40.8 Å². The minimum Gasteiger partial charge on any atom is -0.452 e. The van der Waals surface area contributed by atoms with Crippen LogP contribution in [0, 0.1) is 5.82 Å². The summed E-state index contributed by atoms with van der Waals surface area (Å²) in [5.74, 6) is -2.11. The molecule has 0 unspecified atom stereocenters. The average Bonchev–Trinajstić information content (AvgIpc) is 2.47. The van der Waals surface area contributed by atoms with E-state index in [-0.39, 0.29) is 21.4 Å². The first-order valence-electron chi connectivity index (χ1n) is 5.99. The number of hydrogen-bond donors (Lipinski definition) is 1. The van der Waals surface area contributed by atoms with Gasteiger partial charge in [-0.15, -0.1) is 0 Å². The van der Waals surface area contributed by atoms with Crippen molar-refractivity contribution in [1.29, 1.82) is 0 Å². The van der Waals surface area contributed by atoms with E-state index in [1.54, 1.807) is 0 Å². The minimum atomic E-state index is -0.740. The fourth-order valence-corrected chi connectivity index (χ4v) is 1.85. The Kier molecular flexibility index (Phi) is 5.30. The molecule has 1 heterocycles. The standard InChI is InChI=1S/C14H9Cl2FN2O3/c15-9-1-2-11(10(17)6-9)19-13(20)7-22-14(21)8-3-4-18-12(16)5-8/h1-6H,7H2,(H,19,20). The number of benzene rings is 1. The van der Waals surface area contributed by atoms with Gasteiger partial charge in [-0.2, -0.15) is 0 Å². The van der Waals surface area contributed by atoms with Gasteiger partial charge < -0.3 is 10.1 Å². The second-order valence-corrected chi connectivity index (χ2v) is 4.94. The first-order chi connectivity index (χ1) is 10.5. The molecule has 1 aromatic heterocycles. The summed E-state index contributed by atoms with van der Waals surface area (Å²) in [5.41, 5.74) is 0.0999. The normalized spacial score (nSPS) is 10.1. The first-order valence-corrected chi connectivity index (χ1v) is 6.75. The van der Waals surface area contributed by atoms with Crippen molar-refractivity contribution in [2.24, 2.45) is 0 Å². The predicted octanol–water partition coefficient (Wildman–Crippen LogP) is 3.32. The maximum absolute atomic E-state index is 13.5. The molecule has 0 radical (unpaired) electrons. The van der Waals surface area contributed by atoms with Crippen LogP contribution in [0.5, 0.6) is 0 Å². The van der Waals surface area contributed by atoms with Crippen LogP contribution < -0.4 is 5.32 Å². The van der Waals surface area contributed by atoms with E-state index >= 15 is 0 Å². The maximum Gasteiger partial charge on any atom is 0.338 e. The van der Waals surface area contributed by atoms with Crippen molar-refractivity contribution < 1.29 is 18.7 Å². The second-order valence-electron chi connectivity index (χ2n) is 4.12. The molecule has 1 amide bonds. The number of ether oxygens (including phenoxy) is 1. The van der Waals surface area contributed by atoms with Crippen LogP contribution in [0.1, 0.15) is 10.4 Å². The van der Waals surface area contributed by atoms with E-state index in [4.69, 9.17) is 27.9 Å². The zero-order valence-electron chi connectivity index (χ0n) is 11.0. The van der Waals surface area contributed by atoms with Gasteiger partial charge in [0.2, 0.25) is 0 Å². The van der Waals surface area contributed by atoms with Gasteiger partial charge in [-0.3, -0.25) is 4.79 Å². The Labute approximate surface area is 135 Å². The van der Waals surface area contributed by atoms with Gasteiger partial charge in [0.05, 0.1) is 11.3 Å². The molecule has 0 spiro atoms. The quantitative estimate of drug-likeness (QED) is 0.683. The van der Waals surface area contributed by atoms with Crippen molar-refractivity contribution in [3.63, 3.8) is 0 Å². The molecule has 0 aliphatic carbocycles. The summed E-state index contributed by atoms with van der Waals surface area (Å²) < 4.78 is 18.3. The molecule has 0 bridgehead atoms. The van der Waals surface area contributed by atoms with Crippen LogP contribution in [0.3, 0.4) is 0 Å². The maximum atomic E-state index is 13.5. The van der Waals surface area contributed by atoms with E-state index in [1.807, 2.05) is 0 Å². The number of carbonyl (C=O) groups excluding carboxylic acids is 2. The largest absolute Gasteiger partial charge is 0.452 e. The smallest absolute Gasteiger partial charge is 0.338 e.